The molecule has 1 aliphatic rings. The van der Waals surface area contributed by atoms with Gasteiger partial charge >= 0.3 is 0 Å². The topological polar surface area (TPSA) is 12.0 Å². The van der Waals surface area contributed by atoms with Crippen molar-refractivity contribution in [3.63, 3.8) is 0 Å². The summed E-state index contributed by atoms with van der Waals surface area (Å²) in [6, 6.07) is 0.788. The van der Waals surface area contributed by atoms with Crippen molar-refractivity contribution in [3.8, 4) is 0 Å². The molecule has 3 unspecified atom stereocenters. The Balaban J connectivity index is 2.23. The summed E-state index contributed by atoms with van der Waals surface area (Å²) in [4.78, 5) is 0. The minimum absolute atomic E-state index is 0.788. The molecule has 0 heterocycles. The van der Waals surface area contributed by atoms with Crippen LogP contribution in [-0.2, 0) is 0 Å². The highest BCUT2D eigenvalue weighted by molar-refractivity contribution is 4.83. The van der Waals surface area contributed by atoms with Crippen LogP contribution in [0, 0.1) is 11.8 Å². The van der Waals surface area contributed by atoms with E-state index in [1.807, 2.05) is 0 Å². The summed E-state index contributed by atoms with van der Waals surface area (Å²) in [5.74, 6) is 1.95. The number of hydrogen-bond acceptors (Lipinski definition) is 1. The van der Waals surface area contributed by atoms with E-state index in [-0.39, 0.29) is 0 Å². The summed E-state index contributed by atoms with van der Waals surface area (Å²) >= 11 is 0. The van der Waals surface area contributed by atoms with Crippen LogP contribution >= 0.6 is 0 Å². The third-order valence-electron chi connectivity index (χ3n) is 5.25. The molecule has 0 aromatic carbocycles. The van der Waals surface area contributed by atoms with Crippen LogP contribution in [0.4, 0.5) is 0 Å². The maximum Gasteiger partial charge on any atom is 0.00949 e. The second-order valence-corrected chi connectivity index (χ2v) is 6.57. The van der Waals surface area contributed by atoms with Gasteiger partial charge < -0.3 is 5.32 Å². The Kier molecular flexibility index (Phi) is 9.59. The minimum atomic E-state index is 0.788. The van der Waals surface area contributed by atoms with Crippen molar-refractivity contribution >= 4 is 0 Å². The zero-order valence-corrected chi connectivity index (χ0v) is 13.7. The average molecular weight is 268 g/mol. The van der Waals surface area contributed by atoms with Crippen molar-refractivity contribution in [1.29, 1.82) is 0 Å². The van der Waals surface area contributed by atoms with Gasteiger partial charge in [0.2, 0.25) is 0 Å². The molecule has 0 radical (unpaired) electrons. The van der Waals surface area contributed by atoms with E-state index in [4.69, 9.17) is 0 Å². The Morgan fingerprint density at radius 1 is 0.947 bits per heavy atom. The largest absolute Gasteiger partial charge is 0.317 e. The SMILES string of the molecule is CCCCCCCCC(NC)C1CCCCC1CC. The molecule has 3 atom stereocenters. The molecule has 0 aliphatic heterocycles. The van der Waals surface area contributed by atoms with Crippen LogP contribution in [0.2, 0.25) is 0 Å². The van der Waals surface area contributed by atoms with Gasteiger partial charge in [-0.05, 0) is 31.7 Å². The summed E-state index contributed by atoms with van der Waals surface area (Å²) < 4.78 is 0. The number of rotatable bonds is 10. The highest BCUT2D eigenvalue weighted by Crippen LogP contribution is 2.35. The second-order valence-electron chi connectivity index (χ2n) is 6.57. The Hall–Kier alpha value is -0.0400. The molecule has 1 rings (SSSR count). The Morgan fingerprint density at radius 3 is 2.32 bits per heavy atom. The van der Waals surface area contributed by atoms with Crippen molar-refractivity contribution in [2.75, 3.05) is 7.05 Å². The fourth-order valence-electron chi connectivity index (χ4n) is 3.99. The molecule has 1 aliphatic carbocycles. The normalized spacial score (nSPS) is 25.4. The molecule has 1 nitrogen and oxygen atoms in total. The lowest BCUT2D eigenvalue weighted by Crippen LogP contribution is -2.39. The zero-order valence-electron chi connectivity index (χ0n) is 13.7. The van der Waals surface area contributed by atoms with E-state index in [1.165, 1.54) is 77.0 Å². The standard InChI is InChI=1S/C18H37N/c1-4-6-7-8-9-10-15-18(19-3)17-14-12-11-13-16(17)5-2/h16-19H,4-15H2,1-3H3. The van der Waals surface area contributed by atoms with E-state index < -0.39 is 0 Å². The number of hydrogen-bond donors (Lipinski definition) is 1. The molecule has 0 aromatic rings. The molecule has 1 fully saturated rings. The first-order chi connectivity index (χ1) is 9.33. The predicted octanol–water partition coefficient (Wildman–Crippen LogP) is 5.54. The molecule has 0 spiro atoms. The van der Waals surface area contributed by atoms with Crippen molar-refractivity contribution in [2.24, 2.45) is 11.8 Å². The third kappa shape index (κ3) is 6.29. The van der Waals surface area contributed by atoms with Gasteiger partial charge in [-0.25, -0.2) is 0 Å². The first-order valence-corrected chi connectivity index (χ1v) is 9.00. The number of nitrogens with one attached hydrogen (secondary N) is 1. The predicted molar refractivity (Wildman–Crippen MR) is 86.6 cm³/mol. The van der Waals surface area contributed by atoms with Crippen LogP contribution in [0.25, 0.3) is 0 Å². The van der Waals surface area contributed by atoms with Gasteiger partial charge in [0.15, 0.2) is 0 Å². The monoisotopic (exact) mass is 267 g/mol. The number of unbranched alkanes of at least 4 members (excludes halogenated alkanes) is 5. The van der Waals surface area contributed by atoms with Gasteiger partial charge in [0.1, 0.15) is 0 Å². The van der Waals surface area contributed by atoms with Crippen LogP contribution in [0.5, 0.6) is 0 Å². The molecule has 0 amide bonds. The van der Waals surface area contributed by atoms with Crippen molar-refractivity contribution in [2.45, 2.75) is 96.9 Å². The maximum atomic E-state index is 3.64. The molecule has 1 saturated carbocycles. The van der Waals surface area contributed by atoms with Gasteiger partial charge in [0.05, 0.1) is 0 Å². The van der Waals surface area contributed by atoms with E-state index in [0.717, 1.165) is 17.9 Å². The van der Waals surface area contributed by atoms with Crippen molar-refractivity contribution < 1.29 is 0 Å². The van der Waals surface area contributed by atoms with E-state index >= 15 is 0 Å². The average Bonchev–Trinajstić information content (AvgIpc) is 2.47. The lowest BCUT2D eigenvalue weighted by molar-refractivity contribution is 0.172. The molecular formula is C18H37N. The van der Waals surface area contributed by atoms with Crippen LogP contribution < -0.4 is 5.32 Å². The van der Waals surface area contributed by atoms with Gasteiger partial charge in [-0.2, -0.15) is 0 Å². The van der Waals surface area contributed by atoms with Crippen LogP contribution in [0.1, 0.15) is 90.9 Å². The Morgan fingerprint density at radius 2 is 1.63 bits per heavy atom. The first kappa shape index (κ1) is 17.0. The molecule has 0 bridgehead atoms. The molecule has 19 heavy (non-hydrogen) atoms. The lowest BCUT2D eigenvalue weighted by Gasteiger charge is -2.37. The molecule has 1 heteroatoms. The Bertz CT molecular complexity index is 202. The van der Waals surface area contributed by atoms with E-state index in [2.05, 4.69) is 26.2 Å². The quantitative estimate of drug-likeness (QED) is 0.512. The summed E-state index contributed by atoms with van der Waals surface area (Å²) in [6.45, 7) is 4.69. The molecule has 114 valence electrons. The zero-order chi connectivity index (χ0) is 13.9. The second kappa shape index (κ2) is 10.7. The third-order valence-corrected chi connectivity index (χ3v) is 5.25. The van der Waals surface area contributed by atoms with Gasteiger partial charge in [0.25, 0.3) is 0 Å². The van der Waals surface area contributed by atoms with Crippen LogP contribution in [-0.4, -0.2) is 13.1 Å². The van der Waals surface area contributed by atoms with E-state index in [0.29, 0.717) is 0 Å². The van der Waals surface area contributed by atoms with Gasteiger partial charge in [0, 0.05) is 6.04 Å². The summed E-state index contributed by atoms with van der Waals surface area (Å²) in [6.07, 6.45) is 17.3. The van der Waals surface area contributed by atoms with Crippen LogP contribution in [0.3, 0.4) is 0 Å². The minimum Gasteiger partial charge on any atom is -0.317 e. The van der Waals surface area contributed by atoms with Crippen molar-refractivity contribution in [3.05, 3.63) is 0 Å². The lowest BCUT2D eigenvalue weighted by atomic mass is 9.73. The molecule has 0 saturated heterocycles. The summed E-state index contributed by atoms with van der Waals surface area (Å²) in [7, 11) is 2.18. The molecular weight excluding hydrogens is 230 g/mol. The summed E-state index contributed by atoms with van der Waals surface area (Å²) in [5.41, 5.74) is 0. The smallest absolute Gasteiger partial charge is 0.00949 e. The van der Waals surface area contributed by atoms with Crippen molar-refractivity contribution in [1.82, 2.24) is 5.32 Å². The maximum absolute atomic E-state index is 3.64. The van der Waals surface area contributed by atoms with E-state index in [9.17, 15) is 0 Å². The summed E-state index contributed by atoms with van der Waals surface area (Å²) in [5, 5.41) is 3.64. The fourth-order valence-corrected chi connectivity index (χ4v) is 3.99. The first-order valence-electron chi connectivity index (χ1n) is 9.00. The van der Waals surface area contributed by atoms with Crippen LogP contribution in [0.15, 0.2) is 0 Å². The highest BCUT2D eigenvalue weighted by atomic mass is 14.9. The van der Waals surface area contributed by atoms with Gasteiger partial charge in [-0.15, -0.1) is 0 Å². The van der Waals surface area contributed by atoms with E-state index in [1.54, 1.807) is 0 Å². The fraction of sp³-hybridized carbons (Fsp3) is 1.00. The molecule has 1 N–H and O–H groups in total. The van der Waals surface area contributed by atoms with Gasteiger partial charge in [-0.1, -0.05) is 78.1 Å². The van der Waals surface area contributed by atoms with Gasteiger partial charge in [-0.3, -0.25) is 0 Å². The highest BCUT2D eigenvalue weighted by Gasteiger charge is 2.29. The molecule has 0 aromatic heterocycles. The Labute approximate surface area is 121 Å².